The quantitative estimate of drug-likeness (QED) is 0.873. The monoisotopic (exact) mass is 292 g/mol. The first kappa shape index (κ1) is 15.8. The van der Waals surface area contributed by atoms with Crippen molar-refractivity contribution in [2.75, 3.05) is 25.2 Å². The number of hydrogen-bond acceptors (Lipinski definition) is 4. The van der Waals surface area contributed by atoms with E-state index in [-0.39, 0.29) is 11.9 Å². The SMILES string of the molecule is CCCCN1C(=O)C(C)Oc2ccc(C(N)COC)cc21. The van der Waals surface area contributed by atoms with E-state index >= 15 is 0 Å². The Morgan fingerprint density at radius 3 is 2.90 bits per heavy atom. The van der Waals surface area contributed by atoms with Crippen LogP contribution in [0.4, 0.5) is 5.69 Å². The number of carbonyl (C=O) groups excluding carboxylic acids is 1. The number of nitrogens with two attached hydrogens (primary N) is 1. The lowest BCUT2D eigenvalue weighted by Gasteiger charge is -2.33. The Hall–Kier alpha value is -1.59. The van der Waals surface area contributed by atoms with Crippen molar-refractivity contribution in [2.24, 2.45) is 5.73 Å². The van der Waals surface area contributed by atoms with Crippen LogP contribution >= 0.6 is 0 Å². The molecule has 1 aliphatic heterocycles. The van der Waals surface area contributed by atoms with Crippen LogP contribution in [0.15, 0.2) is 18.2 Å². The maximum absolute atomic E-state index is 12.3. The molecule has 0 aliphatic carbocycles. The van der Waals surface area contributed by atoms with Crippen LogP contribution in [-0.2, 0) is 9.53 Å². The van der Waals surface area contributed by atoms with Gasteiger partial charge >= 0.3 is 0 Å². The molecule has 1 aromatic carbocycles. The van der Waals surface area contributed by atoms with Gasteiger partial charge in [0.25, 0.3) is 5.91 Å². The van der Waals surface area contributed by atoms with Crippen molar-refractivity contribution in [2.45, 2.75) is 38.8 Å². The zero-order valence-corrected chi connectivity index (χ0v) is 13.0. The number of methoxy groups -OCH3 is 1. The first-order valence-corrected chi connectivity index (χ1v) is 7.45. The third-order valence-corrected chi connectivity index (χ3v) is 3.70. The highest BCUT2D eigenvalue weighted by atomic mass is 16.5. The number of hydrogen-bond donors (Lipinski definition) is 1. The van der Waals surface area contributed by atoms with E-state index in [1.807, 2.05) is 23.1 Å². The van der Waals surface area contributed by atoms with Crippen molar-refractivity contribution in [1.29, 1.82) is 0 Å². The summed E-state index contributed by atoms with van der Waals surface area (Å²) in [5.41, 5.74) is 7.84. The predicted octanol–water partition coefficient (Wildman–Crippen LogP) is 2.25. The van der Waals surface area contributed by atoms with E-state index < -0.39 is 6.10 Å². The maximum Gasteiger partial charge on any atom is 0.267 e. The second kappa shape index (κ2) is 6.91. The third-order valence-electron chi connectivity index (χ3n) is 3.70. The van der Waals surface area contributed by atoms with Gasteiger partial charge in [0.2, 0.25) is 0 Å². The van der Waals surface area contributed by atoms with Gasteiger partial charge in [-0.3, -0.25) is 4.79 Å². The number of fused-ring (bicyclic) bond motifs is 1. The summed E-state index contributed by atoms with van der Waals surface area (Å²) in [6.45, 7) is 5.05. The molecular formula is C16H24N2O3. The molecule has 5 heteroatoms. The molecule has 0 fully saturated rings. The number of benzene rings is 1. The maximum atomic E-state index is 12.3. The van der Waals surface area contributed by atoms with Crippen molar-refractivity contribution in [1.82, 2.24) is 0 Å². The van der Waals surface area contributed by atoms with Crippen LogP contribution in [0.1, 0.15) is 38.3 Å². The summed E-state index contributed by atoms with van der Waals surface area (Å²) in [7, 11) is 1.63. The summed E-state index contributed by atoms with van der Waals surface area (Å²) in [5.74, 6) is 0.750. The summed E-state index contributed by atoms with van der Waals surface area (Å²) < 4.78 is 10.8. The van der Waals surface area contributed by atoms with Crippen LogP contribution in [0.2, 0.25) is 0 Å². The Bertz CT molecular complexity index is 504. The molecule has 21 heavy (non-hydrogen) atoms. The van der Waals surface area contributed by atoms with Crippen molar-refractivity contribution in [3.05, 3.63) is 23.8 Å². The van der Waals surface area contributed by atoms with Crippen LogP contribution in [0.5, 0.6) is 5.75 Å². The largest absolute Gasteiger partial charge is 0.479 e. The minimum Gasteiger partial charge on any atom is -0.479 e. The molecule has 2 N–H and O–H groups in total. The number of nitrogens with zero attached hydrogens (tertiary/aromatic N) is 1. The molecule has 2 rings (SSSR count). The molecule has 1 amide bonds. The molecule has 2 atom stereocenters. The van der Waals surface area contributed by atoms with E-state index in [1.165, 1.54) is 0 Å². The second-order valence-electron chi connectivity index (χ2n) is 5.39. The normalized spacial score (nSPS) is 19.1. The lowest BCUT2D eigenvalue weighted by atomic mass is 10.0. The Morgan fingerprint density at radius 1 is 1.48 bits per heavy atom. The summed E-state index contributed by atoms with van der Waals surface area (Å²) in [5, 5.41) is 0. The summed E-state index contributed by atoms with van der Waals surface area (Å²) >= 11 is 0. The van der Waals surface area contributed by atoms with Crippen molar-refractivity contribution in [3.8, 4) is 5.75 Å². The molecule has 0 spiro atoms. The van der Waals surface area contributed by atoms with Gasteiger partial charge in [-0.25, -0.2) is 0 Å². The van der Waals surface area contributed by atoms with E-state index in [9.17, 15) is 4.79 Å². The second-order valence-corrected chi connectivity index (χ2v) is 5.39. The van der Waals surface area contributed by atoms with Crippen molar-refractivity contribution in [3.63, 3.8) is 0 Å². The molecule has 0 aromatic heterocycles. The minimum atomic E-state index is -0.437. The first-order valence-electron chi connectivity index (χ1n) is 7.45. The van der Waals surface area contributed by atoms with Crippen molar-refractivity contribution >= 4 is 11.6 Å². The van der Waals surface area contributed by atoms with Gasteiger partial charge in [0.15, 0.2) is 6.10 Å². The van der Waals surface area contributed by atoms with E-state index in [2.05, 4.69) is 6.92 Å². The topological polar surface area (TPSA) is 64.8 Å². The van der Waals surface area contributed by atoms with E-state index in [4.69, 9.17) is 15.2 Å². The van der Waals surface area contributed by atoms with Crippen LogP contribution in [0.3, 0.4) is 0 Å². The highest BCUT2D eigenvalue weighted by Gasteiger charge is 2.31. The van der Waals surface area contributed by atoms with E-state index in [1.54, 1.807) is 14.0 Å². The molecule has 0 saturated heterocycles. The highest BCUT2D eigenvalue weighted by Crippen LogP contribution is 2.36. The zero-order chi connectivity index (χ0) is 15.4. The fourth-order valence-corrected chi connectivity index (χ4v) is 2.48. The Morgan fingerprint density at radius 2 is 2.24 bits per heavy atom. The number of anilines is 1. The van der Waals surface area contributed by atoms with Gasteiger partial charge in [-0.2, -0.15) is 0 Å². The molecular weight excluding hydrogens is 268 g/mol. The number of amides is 1. The Labute approximate surface area is 126 Å². The highest BCUT2D eigenvalue weighted by molar-refractivity contribution is 5.99. The van der Waals surface area contributed by atoms with Crippen LogP contribution in [-0.4, -0.2) is 32.3 Å². The van der Waals surface area contributed by atoms with Crippen LogP contribution < -0.4 is 15.4 Å². The number of carbonyl (C=O) groups is 1. The van der Waals surface area contributed by atoms with Gasteiger partial charge in [0.05, 0.1) is 18.3 Å². The number of unbranched alkanes of at least 4 members (excludes halogenated alkanes) is 1. The standard InChI is InChI=1S/C16H24N2O3/c1-4-5-8-18-14-9-12(13(17)10-20-3)6-7-15(14)21-11(2)16(18)19/h6-7,9,11,13H,4-5,8,10,17H2,1-3H3. The lowest BCUT2D eigenvalue weighted by molar-refractivity contribution is -0.125. The van der Waals surface area contributed by atoms with Gasteiger partial charge in [0, 0.05) is 13.7 Å². The third kappa shape index (κ3) is 3.36. The average molecular weight is 292 g/mol. The van der Waals surface area contributed by atoms with Gasteiger partial charge in [-0.1, -0.05) is 19.4 Å². The molecule has 0 saturated carbocycles. The van der Waals surface area contributed by atoms with Gasteiger partial charge in [0.1, 0.15) is 5.75 Å². The van der Waals surface area contributed by atoms with Gasteiger partial charge in [-0.05, 0) is 31.0 Å². The predicted molar refractivity (Wildman–Crippen MR) is 82.6 cm³/mol. The first-order chi connectivity index (χ1) is 10.1. The average Bonchev–Trinajstić information content (AvgIpc) is 2.47. The molecule has 1 aromatic rings. The fourth-order valence-electron chi connectivity index (χ4n) is 2.48. The number of ether oxygens (including phenoxy) is 2. The molecule has 2 unspecified atom stereocenters. The molecule has 1 aliphatic rings. The van der Waals surface area contributed by atoms with Crippen molar-refractivity contribution < 1.29 is 14.3 Å². The van der Waals surface area contributed by atoms with Crippen LogP contribution in [0.25, 0.3) is 0 Å². The minimum absolute atomic E-state index is 0.00779. The Kier molecular flexibility index (Phi) is 5.20. The molecule has 116 valence electrons. The molecule has 0 bridgehead atoms. The summed E-state index contributed by atoms with van der Waals surface area (Å²) in [6, 6.07) is 5.56. The number of rotatable bonds is 6. The smallest absolute Gasteiger partial charge is 0.267 e. The molecule has 1 heterocycles. The van der Waals surface area contributed by atoms with E-state index in [0.29, 0.717) is 13.2 Å². The molecule has 5 nitrogen and oxygen atoms in total. The lowest BCUT2D eigenvalue weighted by Crippen LogP contribution is -2.45. The van der Waals surface area contributed by atoms with Gasteiger partial charge < -0.3 is 20.1 Å². The molecule has 0 radical (unpaired) electrons. The summed E-state index contributed by atoms with van der Waals surface area (Å²) in [4.78, 5) is 14.2. The fraction of sp³-hybridized carbons (Fsp3) is 0.562. The zero-order valence-electron chi connectivity index (χ0n) is 13.0. The Balaban J connectivity index is 2.33. The summed E-state index contributed by atoms with van der Waals surface area (Å²) in [6.07, 6.45) is 1.57. The van der Waals surface area contributed by atoms with Gasteiger partial charge in [-0.15, -0.1) is 0 Å². The van der Waals surface area contributed by atoms with Crippen LogP contribution in [0, 0.1) is 0 Å². The van der Waals surface area contributed by atoms with E-state index in [0.717, 1.165) is 29.8 Å².